The molecule has 0 aliphatic rings. The van der Waals surface area contributed by atoms with Crippen molar-refractivity contribution in [3.8, 4) is 0 Å². The van der Waals surface area contributed by atoms with Crippen LogP contribution >= 0.6 is 34.8 Å². The molecule has 1 heterocycles. The van der Waals surface area contributed by atoms with Gasteiger partial charge >= 0.3 is 0 Å². The van der Waals surface area contributed by atoms with E-state index in [1.807, 2.05) is 0 Å². The Balaban J connectivity index is 2.06. The largest absolute Gasteiger partial charge is 0.387 e. The van der Waals surface area contributed by atoms with Crippen molar-refractivity contribution in [1.82, 2.24) is 15.0 Å². The van der Waals surface area contributed by atoms with E-state index in [1.54, 1.807) is 6.92 Å². The summed E-state index contributed by atoms with van der Waals surface area (Å²) in [4.78, 5) is 11.9. The van der Waals surface area contributed by atoms with Gasteiger partial charge in [0, 0.05) is 0 Å². The first-order chi connectivity index (χ1) is 9.86. The number of halogens is 3. The van der Waals surface area contributed by atoms with Gasteiger partial charge in [-0.3, -0.25) is 4.79 Å². The molecule has 0 bridgehead atoms. The van der Waals surface area contributed by atoms with E-state index in [9.17, 15) is 9.90 Å². The third kappa shape index (κ3) is 4.07. The van der Waals surface area contributed by atoms with Gasteiger partial charge in [-0.1, -0.05) is 40.0 Å². The highest BCUT2D eigenvalue weighted by molar-refractivity contribution is 6.44. The average Bonchev–Trinajstić information content (AvgIpc) is 2.84. The Bertz CT molecular complexity index is 673. The molecule has 0 saturated heterocycles. The number of hydrogen-bond donors (Lipinski definition) is 2. The van der Waals surface area contributed by atoms with E-state index in [1.165, 1.54) is 23.0 Å². The second kappa shape index (κ2) is 6.62. The van der Waals surface area contributed by atoms with E-state index in [4.69, 9.17) is 34.8 Å². The molecule has 0 aliphatic carbocycles. The van der Waals surface area contributed by atoms with Gasteiger partial charge in [0.05, 0.1) is 33.1 Å². The zero-order valence-corrected chi connectivity index (χ0v) is 13.1. The highest BCUT2D eigenvalue weighted by Crippen LogP contribution is 2.32. The molecule has 9 heteroatoms. The zero-order chi connectivity index (χ0) is 15.6. The molecule has 112 valence electrons. The van der Waals surface area contributed by atoms with E-state index < -0.39 is 6.10 Å². The maximum Gasteiger partial charge on any atom is 0.246 e. The van der Waals surface area contributed by atoms with E-state index in [-0.39, 0.29) is 22.5 Å². The van der Waals surface area contributed by atoms with Gasteiger partial charge in [-0.05, 0) is 19.1 Å². The molecule has 0 radical (unpaired) electrons. The van der Waals surface area contributed by atoms with Crippen LogP contribution in [0.5, 0.6) is 0 Å². The first-order valence-electron chi connectivity index (χ1n) is 5.89. The maximum absolute atomic E-state index is 11.9. The number of carbonyl (C=O) groups excluding carboxylic acids is 1. The summed E-state index contributed by atoms with van der Waals surface area (Å²) in [5.41, 5.74) is 0.738. The molecular formula is C12H11Cl3N4O2. The maximum atomic E-state index is 11.9. The van der Waals surface area contributed by atoms with E-state index in [0.29, 0.717) is 16.4 Å². The van der Waals surface area contributed by atoms with Crippen molar-refractivity contribution in [1.29, 1.82) is 0 Å². The van der Waals surface area contributed by atoms with Crippen LogP contribution in [0.1, 0.15) is 18.7 Å². The second-order valence-electron chi connectivity index (χ2n) is 4.31. The van der Waals surface area contributed by atoms with Crippen molar-refractivity contribution in [3.05, 3.63) is 39.1 Å². The molecule has 0 fully saturated rings. The Kier molecular flexibility index (Phi) is 5.05. The third-order valence-electron chi connectivity index (χ3n) is 2.57. The van der Waals surface area contributed by atoms with E-state index in [2.05, 4.69) is 15.6 Å². The summed E-state index contributed by atoms with van der Waals surface area (Å²) < 4.78 is 1.31. The lowest BCUT2D eigenvalue weighted by Gasteiger charge is -2.08. The number of amides is 1. The fraction of sp³-hybridized carbons (Fsp3) is 0.250. The standard InChI is InChI=1S/C12H11Cl3N4O2/c1-6(20)11-4-19(18-17-11)5-12(21)16-10-3-8(14)7(13)2-9(10)15/h2-4,6,20H,5H2,1H3,(H,16,21). The minimum atomic E-state index is -0.744. The molecule has 0 aliphatic heterocycles. The quantitative estimate of drug-likeness (QED) is 0.832. The Hall–Kier alpha value is -1.34. The van der Waals surface area contributed by atoms with Gasteiger partial charge in [0.15, 0.2) is 0 Å². The van der Waals surface area contributed by atoms with Crippen LogP contribution in [0.2, 0.25) is 15.1 Å². The lowest BCUT2D eigenvalue weighted by Crippen LogP contribution is -2.19. The number of benzene rings is 1. The number of carbonyl (C=O) groups is 1. The minimum absolute atomic E-state index is 0.0731. The number of nitrogens with one attached hydrogen (secondary N) is 1. The fourth-order valence-corrected chi connectivity index (χ4v) is 2.13. The first-order valence-corrected chi connectivity index (χ1v) is 7.02. The number of anilines is 1. The van der Waals surface area contributed by atoms with Crippen molar-refractivity contribution in [2.45, 2.75) is 19.6 Å². The highest BCUT2D eigenvalue weighted by Gasteiger charge is 2.12. The van der Waals surface area contributed by atoms with Crippen molar-refractivity contribution < 1.29 is 9.90 Å². The average molecular weight is 350 g/mol. The van der Waals surface area contributed by atoms with Gasteiger partial charge in [-0.25, -0.2) is 4.68 Å². The van der Waals surface area contributed by atoms with Crippen LogP contribution in [0.15, 0.2) is 18.3 Å². The number of rotatable bonds is 4. The van der Waals surface area contributed by atoms with Crippen LogP contribution in [0.3, 0.4) is 0 Å². The molecule has 2 rings (SSSR count). The number of nitrogens with zero attached hydrogens (tertiary/aromatic N) is 3. The molecule has 1 atom stereocenters. The van der Waals surface area contributed by atoms with Crippen LogP contribution in [0.25, 0.3) is 0 Å². The number of hydrogen-bond acceptors (Lipinski definition) is 4. The van der Waals surface area contributed by atoms with Gasteiger partial charge in [-0.15, -0.1) is 5.10 Å². The fourth-order valence-electron chi connectivity index (χ4n) is 1.54. The molecular weight excluding hydrogens is 339 g/mol. The number of aliphatic hydroxyl groups is 1. The zero-order valence-electron chi connectivity index (χ0n) is 10.8. The molecule has 6 nitrogen and oxygen atoms in total. The van der Waals surface area contributed by atoms with Crippen molar-refractivity contribution in [2.24, 2.45) is 0 Å². The monoisotopic (exact) mass is 348 g/mol. The van der Waals surface area contributed by atoms with Crippen LogP contribution in [0, 0.1) is 0 Å². The number of aromatic nitrogens is 3. The van der Waals surface area contributed by atoms with Gasteiger partial charge in [0.1, 0.15) is 12.2 Å². The summed E-state index contributed by atoms with van der Waals surface area (Å²) in [5.74, 6) is -0.364. The highest BCUT2D eigenvalue weighted by atomic mass is 35.5. The van der Waals surface area contributed by atoms with E-state index >= 15 is 0 Å². The SMILES string of the molecule is CC(O)c1cn(CC(=O)Nc2cc(Cl)c(Cl)cc2Cl)nn1. The van der Waals surface area contributed by atoms with E-state index in [0.717, 1.165) is 0 Å². The molecule has 0 saturated carbocycles. The lowest BCUT2D eigenvalue weighted by molar-refractivity contribution is -0.116. The predicted molar refractivity (Wildman–Crippen MR) is 80.8 cm³/mol. The normalized spacial score (nSPS) is 12.2. The first kappa shape index (κ1) is 16.0. The Morgan fingerprint density at radius 2 is 2.00 bits per heavy atom. The predicted octanol–water partition coefficient (Wildman–Crippen LogP) is 2.93. The second-order valence-corrected chi connectivity index (χ2v) is 5.53. The lowest BCUT2D eigenvalue weighted by atomic mass is 10.3. The molecule has 2 aromatic rings. The van der Waals surface area contributed by atoms with Crippen molar-refractivity contribution in [2.75, 3.05) is 5.32 Å². The molecule has 0 spiro atoms. The Morgan fingerprint density at radius 3 is 2.62 bits per heavy atom. The van der Waals surface area contributed by atoms with Gasteiger partial charge in [-0.2, -0.15) is 0 Å². The molecule has 1 aromatic heterocycles. The smallest absolute Gasteiger partial charge is 0.246 e. The molecule has 1 aromatic carbocycles. The summed E-state index contributed by atoms with van der Waals surface area (Å²) in [7, 11) is 0. The third-order valence-corrected chi connectivity index (χ3v) is 3.61. The number of aliphatic hydroxyl groups excluding tert-OH is 1. The van der Waals surface area contributed by atoms with Gasteiger partial charge < -0.3 is 10.4 Å². The summed E-state index contributed by atoms with van der Waals surface area (Å²) in [5, 5.41) is 20.3. The van der Waals surface area contributed by atoms with Crippen LogP contribution in [-0.2, 0) is 11.3 Å². The molecule has 2 N–H and O–H groups in total. The van der Waals surface area contributed by atoms with Gasteiger partial charge in [0.2, 0.25) is 5.91 Å². The molecule has 21 heavy (non-hydrogen) atoms. The topological polar surface area (TPSA) is 80.0 Å². The Morgan fingerprint density at radius 1 is 1.33 bits per heavy atom. The van der Waals surface area contributed by atoms with Crippen LogP contribution < -0.4 is 5.32 Å². The van der Waals surface area contributed by atoms with Crippen molar-refractivity contribution >= 4 is 46.4 Å². The van der Waals surface area contributed by atoms with Crippen molar-refractivity contribution in [3.63, 3.8) is 0 Å². The minimum Gasteiger partial charge on any atom is -0.387 e. The summed E-state index contributed by atoms with van der Waals surface area (Å²) in [6, 6.07) is 2.91. The van der Waals surface area contributed by atoms with Gasteiger partial charge in [0.25, 0.3) is 0 Å². The Labute approximate surface area is 135 Å². The summed E-state index contributed by atoms with van der Waals surface area (Å²) in [6.45, 7) is 1.49. The molecule has 1 unspecified atom stereocenters. The summed E-state index contributed by atoms with van der Waals surface area (Å²) in [6.07, 6.45) is 0.743. The molecule has 1 amide bonds. The van der Waals surface area contributed by atoms with Crippen LogP contribution in [0.4, 0.5) is 5.69 Å². The summed E-state index contributed by atoms with van der Waals surface area (Å²) >= 11 is 17.6. The van der Waals surface area contributed by atoms with Crippen LogP contribution in [-0.4, -0.2) is 26.0 Å².